The van der Waals surface area contributed by atoms with E-state index in [1.165, 1.54) is 19.3 Å². The molecule has 4 aliphatic rings. The fourth-order valence-electron chi connectivity index (χ4n) is 6.63. The van der Waals surface area contributed by atoms with Crippen molar-refractivity contribution in [2.75, 3.05) is 12.0 Å². The number of carbonyl (C=O) groups excluding carboxylic acids is 4. The van der Waals surface area contributed by atoms with Crippen molar-refractivity contribution in [3.8, 4) is 17.2 Å². The molecule has 3 N–H and O–H groups in total. The molecule has 4 atom stereocenters. The highest BCUT2D eigenvalue weighted by atomic mass is 79.9. The second-order valence-electron chi connectivity index (χ2n) is 10.6. The number of carboxylic acid groups (broad SMARTS) is 1. The molecular weight excluding hydrogens is 758 g/mol. The highest BCUT2D eigenvalue weighted by Crippen LogP contribution is 2.58. The van der Waals surface area contributed by atoms with Crippen molar-refractivity contribution in [1.29, 1.82) is 0 Å². The molecule has 1 heterocycles. The smallest absolute Gasteiger partial charge is 0.339 e. The van der Waals surface area contributed by atoms with Crippen LogP contribution < -0.4 is 9.64 Å². The van der Waals surface area contributed by atoms with Crippen molar-refractivity contribution in [3.63, 3.8) is 0 Å². The topological polar surface area (TPSA) is 159 Å². The van der Waals surface area contributed by atoms with Gasteiger partial charge in [-0.15, -0.1) is 0 Å². The monoisotopic (exact) mass is 775 g/mol. The highest BCUT2D eigenvalue weighted by Gasteiger charge is 2.57. The number of rotatable bonds is 4. The lowest BCUT2D eigenvalue weighted by Gasteiger charge is -2.42. The first kappa shape index (κ1) is 29.5. The second kappa shape index (κ2) is 10.6. The largest absolute Gasteiger partial charge is 0.507 e. The van der Waals surface area contributed by atoms with Gasteiger partial charge < -0.3 is 20.1 Å². The maximum Gasteiger partial charge on any atom is 0.339 e. The van der Waals surface area contributed by atoms with Gasteiger partial charge in [-0.25, -0.2) is 9.69 Å². The molecule has 2 aromatic rings. The van der Waals surface area contributed by atoms with Crippen molar-refractivity contribution in [3.05, 3.63) is 77.7 Å². The number of hydrogen-bond donors (Lipinski definition) is 3. The first-order valence-electron chi connectivity index (χ1n) is 13.0. The number of anilines is 1. The van der Waals surface area contributed by atoms with Crippen molar-refractivity contribution in [2.45, 2.75) is 18.8 Å². The van der Waals surface area contributed by atoms with Crippen LogP contribution >= 0.6 is 47.8 Å². The van der Waals surface area contributed by atoms with Crippen LogP contribution in [-0.2, 0) is 19.2 Å². The number of hydrogen-bond acceptors (Lipinski definition) is 8. The summed E-state index contributed by atoms with van der Waals surface area (Å²) in [6, 6.07) is 5.05. The number of carboxylic acids is 1. The number of aromatic hydroxyl groups is 2. The van der Waals surface area contributed by atoms with E-state index in [1.54, 1.807) is 6.07 Å². The van der Waals surface area contributed by atoms with E-state index in [-0.39, 0.29) is 61.5 Å². The molecule has 13 heteroatoms. The summed E-state index contributed by atoms with van der Waals surface area (Å²) >= 11 is 10.1. The van der Waals surface area contributed by atoms with Crippen LogP contribution in [0.1, 0.15) is 34.7 Å². The molecule has 1 saturated heterocycles. The number of carbonyl (C=O) groups is 5. The Morgan fingerprint density at radius 3 is 2.37 bits per heavy atom. The number of imide groups is 1. The Morgan fingerprint density at radius 1 is 1.00 bits per heavy atom. The molecule has 0 spiro atoms. The maximum atomic E-state index is 14.0. The van der Waals surface area contributed by atoms with Gasteiger partial charge in [-0.3, -0.25) is 19.2 Å². The summed E-state index contributed by atoms with van der Waals surface area (Å²) in [5, 5.41) is 30.1. The number of ketones is 2. The quantitative estimate of drug-likeness (QED) is 0.213. The summed E-state index contributed by atoms with van der Waals surface area (Å²) in [7, 11) is 1.38. The van der Waals surface area contributed by atoms with Gasteiger partial charge >= 0.3 is 5.97 Å². The number of phenolic OH excluding ortho intramolecular Hbond substituents is 1. The molecule has 3 aliphatic carbocycles. The third-order valence-corrected chi connectivity index (χ3v) is 11.3. The number of amides is 2. The third kappa shape index (κ3) is 4.34. The Kier molecular flexibility index (Phi) is 7.25. The molecule has 220 valence electrons. The van der Waals surface area contributed by atoms with E-state index in [1.807, 2.05) is 6.08 Å². The Balaban J connectivity index is 1.50. The number of aromatic carboxylic acids is 1. The molecule has 0 saturated carbocycles. The van der Waals surface area contributed by atoms with Gasteiger partial charge in [-0.05, 0) is 90.3 Å². The molecule has 1 aliphatic heterocycles. The van der Waals surface area contributed by atoms with Gasteiger partial charge in [-0.1, -0.05) is 11.6 Å². The van der Waals surface area contributed by atoms with E-state index in [2.05, 4.69) is 47.8 Å². The van der Waals surface area contributed by atoms with Gasteiger partial charge in [0.15, 0.2) is 23.1 Å². The summed E-state index contributed by atoms with van der Waals surface area (Å²) in [4.78, 5) is 67.0. The Hall–Kier alpha value is -3.55. The number of nitrogens with zero attached hydrogens (tertiary/aromatic N) is 1. The number of Topliss-reactive ketones (excluding diaryl/α,β-unsaturated/α-hetero) is 1. The summed E-state index contributed by atoms with van der Waals surface area (Å²) in [6.45, 7) is 0. The van der Waals surface area contributed by atoms with E-state index in [4.69, 9.17) is 4.74 Å². The zero-order chi connectivity index (χ0) is 31.1. The standard InChI is InChI=1S/C30H20Br3NO9/c1-43-20-8-15(24(32)25(33)27(20)38)21-11-4-5-13-22(14(11)7-16-23(21)19(36)9-17(31)26(16)37)29(40)34(28(13)39)10-2-3-12(30(41)42)18(35)6-10/h2-4,6,8-9,13-14,21-22,35,38H,5,7H2,1H3,(H,41,42)/t13-,14+,21+,22-/m0/s1. The predicted octanol–water partition coefficient (Wildman–Crippen LogP) is 5.30. The lowest BCUT2D eigenvalue weighted by atomic mass is 9.59. The van der Waals surface area contributed by atoms with Crippen molar-refractivity contribution in [2.24, 2.45) is 17.8 Å². The first-order chi connectivity index (χ1) is 20.4. The minimum absolute atomic E-state index is 0.0326. The minimum atomic E-state index is -1.36. The third-order valence-electron chi connectivity index (χ3n) is 8.51. The van der Waals surface area contributed by atoms with Crippen molar-refractivity contribution in [1.82, 2.24) is 0 Å². The number of allylic oxidation sites excluding steroid dienone is 6. The number of phenols is 2. The molecule has 2 amide bonds. The van der Waals surface area contributed by atoms with Crippen LogP contribution in [0.15, 0.2) is 66.6 Å². The average molecular weight is 778 g/mol. The van der Waals surface area contributed by atoms with Crippen LogP contribution in [-0.4, -0.2) is 51.8 Å². The molecule has 0 bridgehead atoms. The number of benzene rings is 2. The predicted molar refractivity (Wildman–Crippen MR) is 162 cm³/mol. The van der Waals surface area contributed by atoms with Crippen LogP contribution in [0.2, 0.25) is 0 Å². The normalized spacial score (nSPS) is 24.8. The van der Waals surface area contributed by atoms with E-state index in [0.717, 1.165) is 17.0 Å². The van der Waals surface area contributed by atoms with Crippen LogP contribution in [0.5, 0.6) is 17.2 Å². The zero-order valence-corrected chi connectivity index (χ0v) is 26.8. The summed E-state index contributed by atoms with van der Waals surface area (Å²) in [5.74, 6) is -6.96. The zero-order valence-electron chi connectivity index (χ0n) is 22.1. The van der Waals surface area contributed by atoms with Crippen LogP contribution in [0.25, 0.3) is 0 Å². The lowest BCUT2D eigenvalue weighted by Crippen LogP contribution is -2.39. The van der Waals surface area contributed by atoms with E-state index in [9.17, 15) is 39.3 Å². The minimum Gasteiger partial charge on any atom is -0.507 e. The molecule has 43 heavy (non-hydrogen) atoms. The highest BCUT2D eigenvalue weighted by molar-refractivity contribution is 9.13. The number of fused-ring (bicyclic) bond motifs is 3. The number of methoxy groups -OCH3 is 1. The molecule has 10 nitrogen and oxygen atoms in total. The van der Waals surface area contributed by atoms with Gasteiger partial charge in [-0.2, -0.15) is 0 Å². The summed E-state index contributed by atoms with van der Waals surface area (Å²) < 4.78 is 6.16. The van der Waals surface area contributed by atoms with E-state index >= 15 is 0 Å². The summed E-state index contributed by atoms with van der Waals surface area (Å²) in [5.41, 5.74) is 1.32. The fraction of sp³-hybridized carbons (Fsp3) is 0.233. The van der Waals surface area contributed by atoms with Gasteiger partial charge in [0.1, 0.15) is 11.3 Å². The van der Waals surface area contributed by atoms with E-state index in [0.29, 0.717) is 15.6 Å². The Morgan fingerprint density at radius 2 is 1.72 bits per heavy atom. The maximum absolute atomic E-state index is 14.0. The van der Waals surface area contributed by atoms with Gasteiger partial charge in [0, 0.05) is 33.7 Å². The summed E-state index contributed by atoms with van der Waals surface area (Å²) in [6.07, 6.45) is 3.27. The van der Waals surface area contributed by atoms with Gasteiger partial charge in [0.2, 0.25) is 11.8 Å². The number of halogens is 3. The first-order valence-corrected chi connectivity index (χ1v) is 15.3. The van der Waals surface area contributed by atoms with Crippen LogP contribution in [0, 0.1) is 17.8 Å². The molecule has 0 unspecified atom stereocenters. The molecule has 0 radical (unpaired) electrons. The van der Waals surface area contributed by atoms with Crippen molar-refractivity contribution >= 4 is 82.8 Å². The van der Waals surface area contributed by atoms with Crippen molar-refractivity contribution < 1.29 is 44.0 Å². The van der Waals surface area contributed by atoms with Crippen LogP contribution in [0.3, 0.4) is 0 Å². The molecule has 1 fully saturated rings. The SMILES string of the molecule is COc1cc([C@H]2C3=CC[C@@H]4C(=O)N(c5ccc(C(=O)O)c(O)c5)C(=O)[C@@H]4[C@@H]3CC3=C2C(=O)C=C(Br)C3=O)c(Br)c(Br)c1O. The fourth-order valence-corrected chi connectivity index (χ4v) is 8.04. The molecule has 2 aromatic carbocycles. The molecular formula is C30H20Br3NO9. The van der Waals surface area contributed by atoms with Crippen LogP contribution in [0.4, 0.5) is 5.69 Å². The van der Waals surface area contributed by atoms with Gasteiger partial charge in [0.25, 0.3) is 0 Å². The lowest BCUT2D eigenvalue weighted by molar-refractivity contribution is -0.123. The Bertz CT molecular complexity index is 1810. The molecule has 6 rings (SSSR count). The van der Waals surface area contributed by atoms with Gasteiger partial charge in [0.05, 0.1) is 33.6 Å². The van der Waals surface area contributed by atoms with E-state index < -0.39 is 53.0 Å². The average Bonchev–Trinajstić information content (AvgIpc) is 3.23. The second-order valence-corrected chi connectivity index (χ2v) is 13.0. The molecule has 0 aromatic heterocycles. The number of ether oxygens (including phenoxy) is 1. The Labute approximate surface area is 269 Å².